The van der Waals surface area contributed by atoms with Crippen LogP contribution in [0.5, 0.6) is 11.5 Å². The van der Waals surface area contributed by atoms with Gasteiger partial charge in [0.25, 0.3) is 0 Å². The Hall–Kier alpha value is -2.04. The first-order valence-electron chi connectivity index (χ1n) is 10.8. The molecule has 0 radical (unpaired) electrons. The molecule has 0 saturated carbocycles. The Morgan fingerprint density at radius 2 is 1.37 bits per heavy atom. The topological polar surface area (TPSA) is 46.9 Å². The number of nitrogens with zero attached hydrogens (tertiary/aromatic N) is 2. The Balaban J connectivity index is 2.45. The molecular weight excluding hydrogens is 372 g/mol. The molecule has 0 fully saturated rings. The SMILES string of the molecule is CN(C)CCN(Cc1ccccc1O)Cc1cc(C(C)(C)C)cc(C(C)(C)C)c1O. The van der Waals surface area contributed by atoms with Crippen LogP contribution in [0.25, 0.3) is 0 Å². The molecule has 30 heavy (non-hydrogen) atoms. The largest absolute Gasteiger partial charge is 0.508 e. The third-order valence-corrected chi connectivity index (χ3v) is 5.51. The predicted octanol–water partition coefficient (Wildman–Crippen LogP) is 5.26. The molecule has 2 aromatic carbocycles. The molecular formula is C26H40N2O2. The van der Waals surface area contributed by atoms with Gasteiger partial charge in [-0.05, 0) is 42.1 Å². The van der Waals surface area contributed by atoms with Crippen molar-refractivity contribution in [2.75, 3.05) is 27.2 Å². The quantitative estimate of drug-likeness (QED) is 0.651. The maximum atomic E-state index is 11.2. The monoisotopic (exact) mass is 412 g/mol. The van der Waals surface area contributed by atoms with Crippen LogP contribution in [-0.2, 0) is 23.9 Å². The van der Waals surface area contributed by atoms with Gasteiger partial charge >= 0.3 is 0 Å². The summed E-state index contributed by atoms with van der Waals surface area (Å²) < 4.78 is 0. The molecule has 0 aliphatic rings. The summed E-state index contributed by atoms with van der Waals surface area (Å²) in [5, 5.41) is 21.4. The molecule has 0 unspecified atom stereocenters. The summed E-state index contributed by atoms with van der Waals surface area (Å²) in [5.74, 6) is 0.707. The van der Waals surface area contributed by atoms with Gasteiger partial charge in [0.2, 0.25) is 0 Å². The first-order chi connectivity index (χ1) is 13.8. The molecule has 0 aliphatic heterocycles. The first-order valence-corrected chi connectivity index (χ1v) is 10.8. The highest BCUT2D eigenvalue weighted by Gasteiger charge is 2.25. The van der Waals surface area contributed by atoms with Crippen molar-refractivity contribution in [2.24, 2.45) is 0 Å². The molecule has 2 aromatic rings. The molecule has 0 amide bonds. The van der Waals surface area contributed by atoms with Crippen molar-refractivity contribution in [3.8, 4) is 11.5 Å². The van der Waals surface area contributed by atoms with Crippen LogP contribution in [0.1, 0.15) is 63.8 Å². The van der Waals surface area contributed by atoms with E-state index in [9.17, 15) is 10.2 Å². The third-order valence-electron chi connectivity index (χ3n) is 5.51. The normalized spacial score (nSPS) is 12.7. The van der Waals surface area contributed by atoms with Crippen LogP contribution < -0.4 is 0 Å². The lowest BCUT2D eigenvalue weighted by Crippen LogP contribution is -2.31. The molecule has 0 saturated heterocycles. The summed E-state index contributed by atoms with van der Waals surface area (Å²) in [6.07, 6.45) is 0. The lowest BCUT2D eigenvalue weighted by molar-refractivity contribution is 0.221. The average molecular weight is 413 g/mol. The van der Waals surface area contributed by atoms with E-state index in [1.165, 1.54) is 5.56 Å². The number of phenols is 2. The smallest absolute Gasteiger partial charge is 0.123 e. The molecule has 0 atom stereocenters. The van der Waals surface area contributed by atoms with E-state index in [2.05, 4.69) is 77.6 Å². The predicted molar refractivity (Wildman–Crippen MR) is 126 cm³/mol. The van der Waals surface area contributed by atoms with Crippen molar-refractivity contribution >= 4 is 0 Å². The van der Waals surface area contributed by atoms with Crippen LogP contribution in [0.15, 0.2) is 36.4 Å². The Morgan fingerprint density at radius 1 is 0.767 bits per heavy atom. The molecule has 2 rings (SSSR count). The van der Waals surface area contributed by atoms with Crippen LogP contribution in [0.2, 0.25) is 0 Å². The molecule has 0 spiro atoms. The molecule has 0 bridgehead atoms. The van der Waals surface area contributed by atoms with Crippen molar-refractivity contribution < 1.29 is 10.2 Å². The van der Waals surface area contributed by atoms with Crippen molar-refractivity contribution in [3.05, 3.63) is 58.7 Å². The Bertz CT molecular complexity index is 845. The molecule has 166 valence electrons. The zero-order chi connectivity index (χ0) is 22.7. The van der Waals surface area contributed by atoms with E-state index in [0.717, 1.165) is 29.8 Å². The number of hydrogen-bond donors (Lipinski definition) is 2. The van der Waals surface area contributed by atoms with E-state index in [4.69, 9.17) is 0 Å². The second-order valence-electron chi connectivity index (χ2n) is 10.7. The highest BCUT2D eigenvalue weighted by atomic mass is 16.3. The highest BCUT2D eigenvalue weighted by molar-refractivity contribution is 5.48. The molecule has 0 aromatic heterocycles. The Labute approximate surface area is 183 Å². The van der Waals surface area contributed by atoms with Crippen molar-refractivity contribution in [1.82, 2.24) is 9.80 Å². The van der Waals surface area contributed by atoms with Crippen molar-refractivity contribution in [1.29, 1.82) is 0 Å². The van der Waals surface area contributed by atoms with Crippen LogP contribution in [0, 0.1) is 0 Å². The van der Waals surface area contributed by atoms with E-state index in [1.807, 2.05) is 18.2 Å². The number of para-hydroxylation sites is 1. The maximum absolute atomic E-state index is 11.2. The summed E-state index contributed by atoms with van der Waals surface area (Å²) in [4.78, 5) is 4.45. The Morgan fingerprint density at radius 3 is 1.90 bits per heavy atom. The van der Waals surface area contributed by atoms with Crippen LogP contribution in [0.4, 0.5) is 0 Å². The summed E-state index contributed by atoms with van der Waals surface area (Å²) in [7, 11) is 4.13. The van der Waals surface area contributed by atoms with Gasteiger partial charge in [0.1, 0.15) is 11.5 Å². The number of hydrogen-bond acceptors (Lipinski definition) is 4. The number of phenolic OH excluding ortho intramolecular Hbond substituents is 2. The summed E-state index contributed by atoms with van der Waals surface area (Å²) in [5.41, 5.74) is 3.91. The van der Waals surface area contributed by atoms with E-state index >= 15 is 0 Å². The second kappa shape index (κ2) is 9.40. The van der Waals surface area contributed by atoms with Gasteiger partial charge in [-0.2, -0.15) is 0 Å². The molecule has 4 heteroatoms. The van der Waals surface area contributed by atoms with Gasteiger partial charge in [-0.3, -0.25) is 4.90 Å². The lowest BCUT2D eigenvalue weighted by atomic mass is 9.79. The van der Waals surface area contributed by atoms with E-state index in [1.54, 1.807) is 6.07 Å². The fourth-order valence-corrected chi connectivity index (χ4v) is 3.50. The van der Waals surface area contributed by atoms with Crippen LogP contribution in [0.3, 0.4) is 0 Å². The lowest BCUT2D eigenvalue weighted by Gasteiger charge is -2.30. The molecule has 2 N–H and O–H groups in total. The van der Waals surface area contributed by atoms with Gasteiger partial charge in [0.15, 0.2) is 0 Å². The van der Waals surface area contributed by atoms with E-state index in [-0.39, 0.29) is 10.8 Å². The summed E-state index contributed by atoms with van der Waals surface area (Å²) >= 11 is 0. The molecule has 0 heterocycles. The summed E-state index contributed by atoms with van der Waals surface area (Å²) in [6, 6.07) is 11.8. The van der Waals surface area contributed by atoms with Crippen molar-refractivity contribution in [3.63, 3.8) is 0 Å². The minimum Gasteiger partial charge on any atom is -0.508 e. The molecule has 0 aliphatic carbocycles. The van der Waals surface area contributed by atoms with E-state index in [0.29, 0.717) is 24.6 Å². The van der Waals surface area contributed by atoms with Gasteiger partial charge in [0, 0.05) is 37.3 Å². The number of likely N-dealkylation sites (N-methyl/N-ethyl adjacent to an activating group) is 1. The zero-order valence-electron chi connectivity index (χ0n) is 20.1. The van der Waals surface area contributed by atoms with Gasteiger partial charge < -0.3 is 15.1 Å². The molecule has 4 nitrogen and oxygen atoms in total. The van der Waals surface area contributed by atoms with Gasteiger partial charge in [-0.15, -0.1) is 0 Å². The first kappa shape index (κ1) is 24.2. The second-order valence-corrected chi connectivity index (χ2v) is 10.7. The Kier molecular flexibility index (Phi) is 7.59. The number of rotatable bonds is 7. The third kappa shape index (κ3) is 6.48. The number of aromatic hydroxyl groups is 2. The average Bonchev–Trinajstić information content (AvgIpc) is 2.61. The van der Waals surface area contributed by atoms with Gasteiger partial charge in [-0.25, -0.2) is 0 Å². The standard InChI is InChI=1S/C26H40N2O2/c1-25(2,3)21-15-20(24(30)22(16-21)26(4,5)6)18-28(14-13-27(7)8)17-19-11-9-10-12-23(19)29/h9-12,15-16,29-30H,13-14,17-18H2,1-8H3. The highest BCUT2D eigenvalue weighted by Crippen LogP contribution is 2.38. The number of benzene rings is 2. The van der Waals surface area contributed by atoms with Gasteiger partial charge in [0.05, 0.1) is 0 Å². The van der Waals surface area contributed by atoms with Crippen LogP contribution in [-0.4, -0.2) is 47.2 Å². The van der Waals surface area contributed by atoms with Crippen LogP contribution >= 0.6 is 0 Å². The minimum atomic E-state index is -0.147. The minimum absolute atomic E-state index is 0.00534. The zero-order valence-corrected chi connectivity index (χ0v) is 20.1. The fourth-order valence-electron chi connectivity index (χ4n) is 3.50. The maximum Gasteiger partial charge on any atom is 0.123 e. The van der Waals surface area contributed by atoms with Gasteiger partial charge in [-0.1, -0.05) is 71.9 Å². The fraction of sp³-hybridized carbons (Fsp3) is 0.538. The van der Waals surface area contributed by atoms with E-state index < -0.39 is 0 Å². The van der Waals surface area contributed by atoms with Crippen molar-refractivity contribution in [2.45, 2.75) is 65.5 Å². The summed E-state index contributed by atoms with van der Waals surface area (Å²) in [6.45, 7) is 16.1.